The van der Waals surface area contributed by atoms with Gasteiger partial charge in [0.2, 0.25) is 0 Å². The molecule has 1 aliphatic rings. The van der Waals surface area contributed by atoms with Gasteiger partial charge >= 0.3 is 5.97 Å². The lowest BCUT2D eigenvalue weighted by Gasteiger charge is -2.22. The Morgan fingerprint density at radius 3 is 2.50 bits per heavy atom. The average Bonchev–Trinajstić information content (AvgIpc) is 2.33. The van der Waals surface area contributed by atoms with E-state index in [0.717, 1.165) is 6.54 Å². The van der Waals surface area contributed by atoms with Crippen LogP contribution in [0.4, 0.5) is 0 Å². The highest BCUT2D eigenvalue weighted by molar-refractivity contribution is 5.79. The van der Waals surface area contributed by atoms with Crippen molar-refractivity contribution in [1.82, 2.24) is 4.90 Å². The van der Waals surface area contributed by atoms with Gasteiger partial charge in [0.25, 0.3) is 0 Å². The predicted molar refractivity (Wildman–Crippen MR) is 45.9 cm³/mol. The number of nitrogens with two attached hydrogens (primary N) is 1. The van der Waals surface area contributed by atoms with Crippen molar-refractivity contribution in [3.8, 4) is 0 Å². The van der Waals surface area contributed by atoms with E-state index in [1.807, 2.05) is 13.8 Å². The van der Waals surface area contributed by atoms with Crippen molar-refractivity contribution < 1.29 is 9.90 Å². The van der Waals surface area contributed by atoms with Crippen molar-refractivity contribution >= 4 is 5.97 Å². The molecule has 1 saturated heterocycles. The number of rotatable bonds is 2. The van der Waals surface area contributed by atoms with E-state index >= 15 is 0 Å². The third-order valence-electron chi connectivity index (χ3n) is 2.49. The first-order chi connectivity index (χ1) is 5.46. The van der Waals surface area contributed by atoms with Crippen LogP contribution in [-0.4, -0.2) is 40.6 Å². The molecule has 12 heavy (non-hydrogen) atoms. The summed E-state index contributed by atoms with van der Waals surface area (Å²) in [6.45, 7) is 5.36. The molecule has 1 rings (SSSR count). The van der Waals surface area contributed by atoms with Gasteiger partial charge in [-0.05, 0) is 20.3 Å². The van der Waals surface area contributed by atoms with Crippen molar-refractivity contribution in [2.24, 2.45) is 5.73 Å². The molecule has 0 aliphatic carbocycles. The number of hydrogen-bond donors (Lipinski definition) is 2. The fourth-order valence-electron chi connectivity index (χ4n) is 1.48. The molecule has 1 fully saturated rings. The van der Waals surface area contributed by atoms with E-state index < -0.39 is 11.5 Å². The highest BCUT2D eigenvalue weighted by atomic mass is 16.4. The van der Waals surface area contributed by atoms with Crippen molar-refractivity contribution in [2.75, 3.05) is 13.1 Å². The molecule has 0 spiro atoms. The fraction of sp³-hybridized carbons (Fsp3) is 0.875. The zero-order valence-corrected chi connectivity index (χ0v) is 7.58. The molecule has 0 amide bonds. The number of likely N-dealkylation sites (tertiary alicyclic amines) is 1. The Kier molecular flexibility index (Phi) is 2.39. The first kappa shape index (κ1) is 9.48. The number of hydrogen-bond acceptors (Lipinski definition) is 3. The van der Waals surface area contributed by atoms with E-state index in [0.29, 0.717) is 19.0 Å². The quantitative estimate of drug-likeness (QED) is 0.609. The summed E-state index contributed by atoms with van der Waals surface area (Å²) in [6, 6.07) is 0.384. The Balaban J connectivity index is 2.61. The molecule has 1 aliphatic heterocycles. The second kappa shape index (κ2) is 3.03. The van der Waals surface area contributed by atoms with E-state index in [1.54, 1.807) is 0 Å². The summed E-state index contributed by atoms with van der Waals surface area (Å²) >= 11 is 0. The Labute approximate surface area is 72.3 Å². The first-order valence-electron chi connectivity index (χ1n) is 4.22. The third-order valence-corrected chi connectivity index (χ3v) is 2.49. The van der Waals surface area contributed by atoms with E-state index in [-0.39, 0.29) is 0 Å². The van der Waals surface area contributed by atoms with Crippen molar-refractivity contribution in [3.63, 3.8) is 0 Å². The van der Waals surface area contributed by atoms with Crippen molar-refractivity contribution in [2.45, 2.75) is 31.8 Å². The first-order valence-corrected chi connectivity index (χ1v) is 4.22. The minimum atomic E-state index is -1.01. The normalized spacial score (nSPS) is 31.3. The van der Waals surface area contributed by atoms with Gasteiger partial charge in [-0.1, -0.05) is 0 Å². The number of carboxylic acid groups (broad SMARTS) is 1. The second-order valence-corrected chi connectivity index (χ2v) is 3.78. The van der Waals surface area contributed by atoms with Gasteiger partial charge < -0.3 is 10.8 Å². The van der Waals surface area contributed by atoms with E-state index in [4.69, 9.17) is 10.8 Å². The second-order valence-electron chi connectivity index (χ2n) is 3.78. The van der Waals surface area contributed by atoms with Crippen LogP contribution in [0, 0.1) is 0 Å². The number of aliphatic carboxylic acids is 1. The number of carboxylic acids is 1. The summed E-state index contributed by atoms with van der Waals surface area (Å²) in [5.41, 5.74) is 4.68. The molecule has 1 atom stereocenters. The van der Waals surface area contributed by atoms with Crippen LogP contribution in [-0.2, 0) is 4.79 Å². The van der Waals surface area contributed by atoms with Gasteiger partial charge in [0, 0.05) is 19.1 Å². The minimum Gasteiger partial charge on any atom is -0.480 e. The molecule has 0 radical (unpaired) electrons. The molecule has 0 saturated carbocycles. The lowest BCUT2D eigenvalue weighted by molar-refractivity contribution is -0.142. The van der Waals surface area contributed by atoms with E-state index in [1.165, 1.54) is 0 Å². The Morgan fingerprint density at radius 2 is 2.25 bits per heavy atom. The molecule has 0 aromatic heterocycles. The zero-order valence-electron chi connectivity index (χ0n) is 7.58. The maximum Gasteiger partial charge on any atom is 0.325 e. The van der Waals surface area contributed by atoms with Gasteiger partial charge in [-0.2, -0.15) is 0 Å². The molecule has 1 unspecified atom stereocenters. The van der Waals surface area contributed by atoms with Gasteiger partial charge in [0.15, 0.2) is 0 Å². The molecule has 4 nitrogen and oxygen atoms in total. The SMILES string of the molecule is CC(C)N1CCC(N)(C(=O)O)C1. The van der Waals surface area contributed by atoms with E-state index in [9.17, 15) is 4.79 Å². The molecule has 70 valence electrons. The Morgan fingerprint density at radius 1 is 1.67 bits per heavy atom. The fourth-order valence-corrected chi connectivity index (χ4v) is 1.48. The summed E-state index contributed by atoms with van der Waals surface area (Å²) < 4.78 is 0. The predicted octanol–water partition coefficient (Wildman–Crippen LogP) is -0.117. The highest BCUT2D eigenvalue weighted by Crippen LogP contribution is 2.20. The molecule has 4 heteroatoms. The van der Waals surface area contributed by atoms with Crippen LogP contribution < -0.4 is 5.73 Å². The van der Waals surface area contributed by atoms with Crippen LogP contribution >= 0.6 is 0 Å². The summed E-state index contributed by atoms with van der Waals surface area (Å²) in [5.74, 6) is -0.884. The van der Waals surface area contributed by atoms with Crippen molar-refractivity contribution in [3.05, 3.63) is 0 Å². The number of carbonyl (C=O) groups is 1. The van der Waals surface area contributed by atoms with E-state index in [2.05, 4.69) is 4.90 Å². The van der Waals surface area contributed by atoms with Gasteiger partial charge in [-0.25, -0.2) is 0 Å². The lowest BCUT2D eigenvalue weighted by Crippen LogP contribution is -2.50. The summed E-state index contributed by atoms with van der Waals surface area (Å²) in [4.78, 5) is 12.8. The maximum atomic E-state index is 10.7. The Hall–Kier alpha value is -0.610. The third kappa shape index (κ3) is 1.59. The molecule has 3 N–H and O–H groups in total. The molecular weight excluding hydrogens is 156 g/mol. The largest absolute Gasteiger partial charge is 0.480 e. The van der Waals surface area contributed by atoms with Gasteiger partial charge in [0.05, 0.1) is 0 Å². The summed E-state index contributed by atoms with van der Waals surface area (Å²) in [5, 5.41) is 8.82. The van der Waals surface area contributed by atoms with Crippen LogP contribution in [0.2, 0.25) is 0 Å². The van der Waals surface area contributed by atoms with Crippen LogP contribution in [0.1, 0.15) is 20.3 Å². The highest BCUT2D eigenvalue weighted by Gasteiger charge is 2.41. The smallest absolute Gasteiger partial charge is 0.325 e. The van der Waals surface area contributed by atoms with Gasteiger partial charge in [-0.3, -0.25) is 9.69 Å². The lowest BCUT2D eigenvalue weighted by atomic mass is 10.0. The number of nitrogens with zero attached hydrogens (tertiary/aromatic N) is 1. The standard InChI is InChI=1S/C8H16N2O2/c1-6(2)10-4-3-8(9,5-10)7(11)12/h6H,3-5,9H2,1-2H3,(H,11,12). The van der Waals surface area contributed by atoms with Crippen LogP contribution in [0.15, 0.2) is 0 Å². The Bertz CT molecular complexity index is 193. The molecule has 0 bridgehead atoms. The maximum absolute atomic E-state index is 10.7. The molecule has 1 heterocycles. The average molecular weight is 172 g/mol. The minimum absolute atomic E-state index is 0.384. The summed E-state index contributed by atoms with van der Waals surface area (Å²) in [6.07, 6.45) is 0.556. The molecular formula is C8H16N2O2. The zero-order chi connectivity index (χ0) is 9.35. The van der Waals surface area contributed by atoms with Crippen LogP contribution in [0.25, 0.3) is 0 Å². The topological polar surface area (TPSA) is 66.6 Å². The van der Waals surface area contributed by atoms with Crippen molar-refractivity contribution in [1.29, 1.82) is 0 Å². The van der Waals surface area contributed by atoms with Crippen LogP contribution in [0.5, 0.6) is 0 Å². The van der Waals surface area contributed by atoms with Gasteiger partial charge in [0.1, 0.15) is 5.54 Å². The van der Waals surface area contributed by atoms with Gasteiger partial charge in [-0.15, -0.1) is 0 Å². The molecule has 0 aromatic carbocycles. The summed E-state index contributed by atoms with van der Waals surface area (Å²) in [7, 11) is 0. The molecule has 0 aromatic rings. The van der Waals surface area contributed by atoms with Crippen LogP contribution in [0.3, 0.4) is 0 Å². The monoisotopic (exact) mass is 172 g/mol.